The van der Waals surface area contributed by atoms with Crippen molar-refractivity contribution in [2.45, 2.75) is 24.3 Å². The molecule has 0 bridgehead atoms. The van der Waals surface area contributed by atoms with Crippen LogP contribution in [-0.4, -0.2) is 42.6 Å². The molecule has 1 fully saturated rings. The van der Waals surface area contributed by atoms with Gasteiger partial charge >= 0.3 is 5.97 Å². The standard InChI is InChI=1S/C20H18ClF2N3O4S/c21-14-8-15(22)12(7-16(14)23)19-24-17-10-31(29,30)9-13(17)20(25-19)26-5-3-11(4-6-26)1-2-18(27)28/h1-2,7-8,11H,3-6,9-10H2,(H,27,28). The van der Waals surface area contributed by atoms with Gasteiger partial charge in [0.1, 0.15) is 17.5 Å². The Morgan fingerprint density at radius 3 is 2.55 bits per heavy atom. The molecule has 0 unspecified atom stereocenters. The maximum absolute atomic E-state index is 14.5. The molecule has 1 saturated heterocycles. The summed E-state index contributed by atoms with van der Waals surface area (Å²) >= 11 is 5.63. The largest absolute Gasteiger partial charge is 0.478 e. The van der Waals surface area contributed by atoms with Gasteiger partial charge in [0, 0.05) is 24.7 Å². The fourth-order valence-electron chi connectivity index (χ4n) is 3.86. The summed E-state index contributed by atoms with van der Waals surface area (Å²) in [7, 11) is -3.41. The van der Waals surface area contributed by atoms with E-state index in [1.165, 1.54) is 0 Å². The average Bonchev–Trinajstić information content (AvgIpc) is 3.02. The SMILES string of the molecule is O=C(O)C=CC1CCN(c2nc(-c3cc(F)c(Cl)cc3F)nc3c2CS(=O)(=O)C3)CC1. The highest BCUT2D eigenvalue weighted by Gasteiger charge is 2.33. The monoisotopic (exact) mass is 469 g/mol. The molecule has 1 N–H and O–H groups in total. The van der Waals surface area contributed by atoms with Gasteiger partial charge in [-0.2, -0.15) is 0 Å². The molecule has 11 heteroatoms. The van der Waals surface area contributed by atoms with Crippen molar-refractivity contribution in [3.05, 3.63) is 52.2 Å². The minimum Gasteiger partial charge on any atom is -0.478 e. The van der Waals surface area contributed by atoms with Crippen molar-refractivity contribution in [3.8, 4) is 11.4 Å². The Hall–Kier alpha value is -2.59. The van der Waals surface area contributed by atoms with Crippen molar-refractivity contribution in [2.24, 2.45) is 5.92 Å². The molecule has 0 radical (unpaired) electrons. The van der Waals surface area contributed by atoms with Crippen LogP contribution in [0.5, 0.6) is 0 Å². The number of hydrogen-bond donors (Lipinski definition) is 1. The third kappa shape index (κ3) is 4.54. The summed E-state index contributed by atoms with van der Waals surface area (Å²) in [4.78, 5) is 21.3. The number of allylic oxidation sites excluding steroid dienone is 1. The lowest BCUT2D eigenvalue weighted by Gasteiger charge is -2.32. The zero-order valence-corrected chi connectivity index (χ0v) is 17.8. The first-order chi connectivity index (χ1) is 14.6. The Bertz CT molecular complexity index is 1200. The maximum atomic E-state index is 14.5. The molecular weight excluding hydrogens is 452 g/mol. The first kappa shape index (κ1) is 21.6. The van der Waals surface area contributed by atoms with E-state index in [-0.39, 0.29) is 39.5 Å². The summed E-state index contributed by atoms with van der Waals surface area (Å²) in [6.45, 7) is 1.02. The molecule has 7 nitrogen and oxygen atoms in total. The molecule has 2 aliphatic heterocycles. The number of benzene rings is 1. The van der Waals surface area contributed by atoms with E-state index in [9.17, 15) is 22.0 Å². The van der Waals surface area contributed by atoms with Crippen LogP contribution in [0.15, 0.2) is 24.3 Å². The van der Waals surface area contributed by atoms with E-state index >= 15 is 0 Å². The number of hydrogen-bond acceptors (Lipinski definition) is 6. The molecular formula is C20H18ClF2N3O4S. The number of carbonyl (C=O) groups is 1. The summed E-state index contributed by atoms with van der Waals surface area (Å²) < 4.78 is 52.9. The van der Waals surface area contributed by atoms with Crippen molar-refractivity contribution < 1.29 is 27.1 Å². The number of carboxylic acids is 1. The van der Waals surface area contributed by atoms with Crippen LogP contribution in [0.4, 0.5) is 14.6 Å². The van der Waals surface area contributed by atoms with E-state index in [0.717, 1.165) is 18.2 Å². The second-order valence-electron chi connectivity index (χ2n) is 7.60. The predicted molar refractivity (Wildman–Crippen MR) is 110 cm³/mol. The number of aliphatic carboxylic acids is 1. The summed E-state index contributed by atoms with van der Waals surface area (Å²) in [5.41, 5.74) is 0.551. The van der Waals surface area contributed by atoms with Crippen LogP contribution in [0.25, 0.3) is 11.4 Å². The summed E-state index contributed by atoms with van der Waals surface area (Å²) in [6, 6.07) is 1.73. The number of aromatic nitrogens is 2. The Morgan fingerprint density at radius 2 is 1.87 bits per heavy atom. The second kappa shape index (κ2) is 8.16. The number of carboxylic acid groups (broad SMARTS) is 1. The maximum Gasteiger partial charge on any atom is 0.327 e. The van der Waals surface area contributed by atoms with Crippen LogP contribution in [0.2, 0.25) is 5.02 Å². The number of fused-ring (bicyclic) bond motifs is 1. The molecule has 2 aromatic rings. The molecule has 31 heavy (non-hydrogen) atoms. The fourth-order valence-corrected chi connectivity index (χ4v) is 5.51. The lowest BCUT2D eigenvalue weighted by atomic mass is 9.96. The third-order valence-corrected chi connectivity index (χ3v) is 7.12. The molecule has 1 aromatic carbocycles. The lowest BCUT2D eigenvalue weighted by Crippen LogP contribution is -2.34. The minimum absolute atomic E-state index is 0.0771. The first-order valence-electron chi connectivity index (χ1n) is 9.54. The van der Waals surface area contributed by atoms with E-state index in [2.05, 4.69) is 9.97 Å². The molecule has 4 rings (SSSR count). The van der Waals surface area contributed by atoms with Gasteiger partial charge in [-0.3, -0.25) is 0 Å². The number of anilines is 1. The zero-order valence-electron chi connectivity index (χ0n) is 16.2. The van der Waals surface area contributed by atoms with Gasteiger partial charge in [0.05, 0.1) is 27.8 Å². The van der Waals surface area contributed by atoms with Crippen LogP contribution in [-0.2, 0) is 26.1 Å². The van der Waals surface area contributed by atoms with Crippen molar-refractivity contribution in [2.75, 3.05) is 18.0 Å². The van der Waals surface area contributed by atoms with Gasteiger partial charge in [-0.1, -0.05) is 17.7 Å². The number of halogens is 3. The Kier molecular flexibility index (Phi) is 5.69. The molecule has 0 saturated carbocycles. The fraction of sp³-hybridized carbons (Fsp3) is 0.350. The van der Waals surface area contributed by atoms with Crippen LogP contribution >= 0.6 is 11.6 Å². The topological polar surface area (TPSA) is 100 Å². The quantitative estimate of drug-likeness (QED) is 0.541. The molecule has 0 atom stereocenters. The summed E-state index contributed by atoms with van der Waals surface area (Å²) in [5, 5.41) is 8.42. The molecule has 2 aliphatic rings. The third-order valence-electron chi connectivity index (χ3n) is 5.39. The molecule has 164 valence electrons. The number of nitrogens with zero attached hydrogens (tertiary/aromatic N) is 3. The second-order valence-corrected chi connectivity index (χ2v) is 10.1. The zero-order chi connectivity index (χ0) is 22.3. The van der Waals surface area contributed by atoms with E-state index in [1.54, 1.807) is 6.08 Å². The highest BCUT2D eigenvalue weighted by molar-refractivity contribution is 7.90. The van der Waals surface area contributed by atoms with Gasteiger partial charge in [-0.15, -0.1) is 0 Å². The molecule has 3 heterocycles. The highest BCUT2D eigenvalue weighted by atomic mass is 35.5. The highest BCUT2D eigenvalue weighted by Crippen LogP contribution is 2.36. The van der Waals surface area contributed by atoms with Gasteiger partial charge in [0.15, 0.2) is 15.7 Å². The normalized spacial score (nSPS) is 18.5. The van der Waals surface area contributed by atoms with E-state index < -0.39 is 27.4 Å². The lowest BCUT2D eigenvalue weighted by molar-refractivity contribution is -0.131. The Balaban J connectivity index is 1.72. The van der Waals surface area contributed by atoms with Crippen molar-refractivity contribution in [3.63, 3.8) is 0 Å². The summed E-state index contributed by atoms with van der Waals surface area (Å²) in [5.74, 6) is -2.80. The van der Waals surface area contributed by atoms with E-state index in [4.69, 9.17) is 16.7 Å². The van der Waals surface area contributed by atoms with Crippen molar-refractivity contribution >= 4 is 33.2 Å². The average molecular weight is 470 g/mol. The van der Waals surface area contributed by atoms with Gasteiger partial charge in [-0.25, -0.2) is 32.0 Å². The van der Waals surface area contributed by atoms with Crippen molar-refractivity contribution in [1.29, 1.82) is 0 Å². The number of piperidine rings is 1. The molecule has 0 aliphatic carbocycles. The van der Waals surface area contributed by atoms with Gasteiger partial charge in [-0.05, 0) is 30.9 Å². The first-order valence-corrected chi connectivity index (χ1v) is 11.7. The van der Waals surface area contributed by atoms with Gasteiger partial charge < -0.3 is 10.0 Å². The van der Waals surface area contributed by atoms with Gasteiger partial charge in [0.2, 0.25) is 0 Å². The molecule has 0 amide bonds. The van der Waals surface area contributed by atoms with Crippen LogP contribution in [0.1, 0.15) is 24.1 Å². The Morgan fingerprint density at radius 1 is 1.16 bits per heavy atom. The van der Waals surface area contributed by atoms with E-state index in [0.29, 0.717) is 37.3 Å². The number of sulfone groups is 1. The van der Waals surface area contributed by atoms with Crippen LogP contribution < -0.4 is 4.90 Å². The minimum atomic E-state index is -3.41. The Labute approximate surface area is 182 Å². The predicted octanol–water partition coefficient (Wildman–Crippen LogP) is 3.36. The van der Waals surface area contributed by atoms with E-state index in [1.807, 2.05) is 4.90 Å². The van der Waals surface area contributed by atoms with Crippen molar-refractivity contribution in [1.82, 2.24) is 9.97 Å². The van der Waals surface area contributed by atoms with Crippen LogP contribution in [0.3, 0.4) is 0 Å². The smallest absolute Gasteiger partial charge is 0.327 e. The van der Waals surface area contributed by atoms with Crippen LogP contribution in [0, 0.1) is 17.6 Å². The molecule has 0 spiro atoms. The van der Waals surface area contributed by atoms with Gasteiger partial charge in [0.25, 0.3) is 0 Å². The number of rotatable bonds is 4. The molecule has 1 aromatic heterocycles. The summed E-state index contributed by atoms with van der Waals surface area (Å²) in [6.07, 6.45) is 4.06.